The van der Waals surface area contributed by atoms with E-state index in [1.165, 1.54) is 0 Å². The number of hydrogen-bond acceptors (Lipinski definition) is 4. The zero-order valence-corrected chi connectivity index (χ0v) is 12.6. The topological polar surface area (TPSA) is 46.5 Å². The number of H-pyrrole nitrogens is 1. The van der Waals surface area contributed by atoms with Crippen LogP contribution in [-0.4, -0.2) is 19.5 Å². The van der Waals surface area contributed by atoms with Gasteiger partial charge in [-0.2, -0.15) is 0 Å². The predicted octanol–water partition coefficient (Wildman–Crippen LogP) is 3.78. The van der Waals surface area contributed by atoms with Crippen LogP contribution in [0.5, 0.6) is 0 Å². The van der Waals surface area contributed by atoms with Crippen LogP contribution in [0.25, 0.3) is 11.2 Å². The summed E-state index contributed by atoms with van der Waals surface area (Å²) in [6.45, 7) is 6.16. The average Bonchev–Trinajstić information content (AvgIpc) is 2.93. The largest absolute Gasteiger partial charge is 0.329 e. The lowest BCUT2D eigenvalue weighted by atomic mass is 10.2. The summed E-state index contributed by atoms with van der Waals surface area (Å²) < 4.78 is 2.73. The molecular formula is C13H14N4S2. The molecule has 3 rings (SSSR count). The Morgan fingerprint density at radius 3 is 2.89 bits per heavy atom. The maximum Gasteiger partial charge on any atom is 0.179 e. The Morgan fingerprint density at radius 2 is 2.21 bits per heavy atom. The van der Waals surface area contributed by atoms with E-state index in [0.717, 1.165) is 27.4 Å². The number of nitrogens with zero attached hydrogens (tertiary/aromatic N) is 3. The van der Waals surface area contributed by atoms with Crippen molar-refractivity contribution >= 4 is 34.7 Å². The van der Waals surface area contributed by atoms with Gasteiger partial charge in [0.2, 0.25) is 0 Å². The smallest absolute Gasteiger partial charge is 0.179 e. The fourth-order valence-electron chi connectivity index (χ4n) is 2.18. The summed E-state index contributed by atoms with van der Waals surface area (Å²) in [6.07, 6.45) is 1.82. The summed E-state index contributed by atoms with van der Waals surface area (Å²) >= 11 is 7.10. The summed E-state index contributed by atoms with van der Waals surface area (Å²) in [5.41, 5.74) is 4.10. The minimum Gasteiger partial charge on any atom is -0.329 e. The molecule has 0 fully saturated rings. The first-order valence-electron chi connectivity index (χ1n) is 6.06. The molecule has 98 valence electrons. The molecule has 1 atom stereocenters. The van der Waals surface area contributed by atoms with Gasteiger partial charge >= 0.3 is 0 Å². The van der Waals surface area contributed by atoms with Gasteiger partial charge in [0, 0.05) is 17.3 Å². The molecule has 4 nitrogen and oxygen atoms in total. The number of fused-ring (bicyclic) bond motifs is 1. The van der Waals surface area contributed by atoms with Crippen LogP contribution in [0.3, 0.4) is 0 Å². The van der Waals surface area contributed by atoms with Crippen LogP contribution >= 0.6 is 23.6 Å². The lowest BCUT2D eigenvalue weighted by Crippen LogP contribution is -2.07. The number of aromatic amines is 1. The van der Waals surface area contributed by atoms with Crippen LogP contribution in [0, 0.1) is 18.6 Å². The molecule has 1 N–H and O–H groups in total. The number of nitrogens with one attached hydrogen (secondary N) is 1. The number of pyridine rings is 1. The van der Waals surface area contributed by atoms with E-state index >= 15 is 0 Å². The minimum absolute atomic E-state index is 0.0919. The first-order valence-corrected chi connectivity index (χ1v) is 7.34. The van der Waals surface area contributed by atoms with Crippen molar-refractivity contribution in [3.8, 4) is 0 Å². The minimum atomic E-state index is 0.0919. The second kappa shape index (κ2) is 4.54. The Labute approximate surface area is 120 Å². The molecule has 0 aromatic carbocycles. The molecule has 3 heterocycles. The van der Waals surface area contributed by atoms with E-state index in [2.05, 4.69) is 34.2 Å². The van der Waals surface area contributed by atoms with Gasteiger partial charge in [-0.25, -0.2) is 9.97 Å². The van der Waals surface area contributed by atoms with Gasteiger partial charge in [-0.1, -0.05) is 0 Å². The summed E-state index contributed by atoms with van der Waals surface area (Å²) in [6, 6.07) is 2.07. The van der Waals surface area contributed by atoms with Gasteiger partial charge < -0.3 is 4.98 Å². The summed E-state index contributed by atoms with van der Waals surface area (Å²) in [7, 11) is 0. The van der Waals surface area contributed by atoms with Crippen LogP contribution in [0.1, 0.15) is 29.2 Å². The van der Waals surface area contributed by atoms with Gasteiger partial charge in [0.25, 0.3) is 0 Å². The van der Waals surface area contributed by atoms with Crippen molar-refractivity contribution in [3.63, 3.8) is 0 Å². The highest BCUT2D eigenvalue weighted by atomic mass is 32.1. The molecule has 6 heteroatoms. The Morgan fingerprint density at radius 1 is 1.42 bits per heavy atom. The van der Waals surface area contributed by atoms with Gasteiger partial charge in [0.05, 0.1) is 11.6 Å². The summed E-state index contributed by atoms with van der Waals surface area (Å²) in [5.74, 6) is 0. The van der Waals surface area contributed by atoms with Gasteiger partial charge in [0.1, 0.15) is 5.01 Å². The third-order valence-electron chi connectivity index (χ3n) is 3.20. The Kier molecular flexibility index (Phi) is 2.99. The highest BCUT2D eigenvalue weighted by Crippen LogP contribution is 2.26. The molecule has 19 heavy (non-hydrogen) atoms. The van der Waals surface area contributed by atoms with Crippen molar-refractivity contribution in [2.24, 2.45) is 0 Å². The molecule has 0 spiro atoms. The van der Waals surface area contributed by atoms with Crippen molar-refractivity contribution in [3.05, 3.63) is 38.7 Å². The molecule has 0 aliphatic heterocycles. The highest BCUT2D eigenvalue weighted by molar-refractivity contribution is 7.71. The molecule has 0 aliphatic rings. The molecule has 1 unspecified atom stereocenters. The van der Waals surface area contributed by atoms with Crippen molar-refractivity contribution in [2.45, 2.75) is 26.8 Å². The van der Waals surface area contributed by atoms with E-state index in [1.54, 1.807) is 11.3 Å². The maximum atomic E-state index is 5.44. The standard InChI is InChI=1S/C13H14N4S2/c1-7-4-5-14-11-10(7)16-13(18)17(11)9(3)12-15-8(2)6-19-12/h4-6,9H,1-3H3,(H,16,18). The van der Waals surface area contributed by atoms with E-state index in [9.17, 15) is 0 Å². The van der Waals surface area contributed by atoms with Crippen molar-refractivity contribution in [1.29, 1.82) is 0 Å². The van der Waals surface area contributed by atoms with Crippen molar-refractivity contribution < 1.29 is 0 Å². The average molecular weight is 290 g/mol. The van der Waals surface area contributed by atoms with Crippen LogP contribution < -0.4 is 0 Å². The normalized spacial score (nSPS) is 13.0. The van der Waals surface area contributed by atoms with E-state index in [4.69, 9.17) is 12.2 Å². The number of aromatic nitrogens is 4. The van der Waals surface area contributed by atoms with E-state index in [0.29, 0.717) is 4.77 Å². The SMILES string of the molecule is Cc1csc(C(C)n2c(=S)[nH]c3c(C)ccnc32)n1. The molecular weight excluding hydrogens is 276 g/mol. The molecule has 0 radical (unpaired) electrons. The summed E-state index contributed by atoms with van der Waals surface area (Å²) in [4.78, 5) is 12.2. The molecule has 0 bridgehead atoms. The zero-order valence-electron chi connectivity index (χ0n) is 11.0. The lowest BCUT2D eigenvalue weighted by Gasteiger charge is -2.11. The van der Waals surface area contributed by atoms with E-state index < -0.39 is 0 Å². The number of thiazole rings is 1. The Balaban J connectivity index is 2.23. The lowest BCUT2D eigenvalue weighted by molar-refractivity contribution is 0.638. The Hall–Kier alpha value is -1.53. The second-order valence-electron chi connectivity index (χ2n) is 4.63. The van der Waals surface area contributed by atoms with Gasteiger partial charge in [-0.3, -0.25) is 4.57 Å². The molecule has 0 saturated carbocycles. The van der Waals surface area contributed by atoms with Crippen LogP contribution in [0.4, 0.5) is 0 Å². The number of hydrogen-bond donors (Lipinski definition) is 1. The number of aryl methyl sites for hydroxylation is 2. The van der Waals surface area contributed by atoms with Crippen molar-refractivity contribution in [2.75, 3.05) is 0 Å². The van der Waals surface area contributed by atoms with Gasteiger partial charge in [-0.05, 0) is 44.6 Å². The molecule has 0 saturated heterocycles. The third-order valence-corrected chi connectivity index (χ3v) is 4.63. The van der Waals surface area contributed by atoms with E-state index in [-0.39, 0.29) is 6.04 Å². The first-order chi connectivity index (χ1) is 9.08. The van der Waals surface area contributed by atoms with Crippen LogP contribution in [0.15, 0.2) is 17.6 Å². The number of imidazole rings is 1. The maximum absolute atomic E-state index is 5.44. The zero-order chi connectivity index (χ0) is 13.6. The van der Waals surface area contributed by atoms with Crippen LogP contribution in [0.2, 0.25) is 0 Å². The summed E-state index contributed by atoms with van der Waals surface area (Å²) in [5, 5.41) is 3.11. The predicted molar refractivity (Wildman–Crippen MR) is 80.3 cm³/mol. The molecule has 0 aliphatic carbocycles. The fraction of sp³-hybridized carbons (Fsp3) is 0.308. The molecule has 3 aromatic rings. The van der Waals surface area contributed by atoms with Gasteiger partial charge in [0.15, 0.2) is 10.4 Å². The molecule has 3 aromatic heterocycles. The number of rotatable bonds is 2. The van der Waals surface area contributed by atoms with E-state index in [1.807, 2.05) is 23.8 Å². The van der Waals surface area contributed by atoms with Gasteiger partial charge in [-0.15, -0.1) is 11.3 Å². The fourth-order valence-corrected chi connectivity index (χ4v) is 3.37. The highest BCUT2D eigenvalue weighted by Gasteiger charge is 2.17. The van der Waals surface area contributed by atoms with Crippen LogP contribution in [-0.2, 0) is 0 Å². The Bertz CT molecular complexity index is 796. The quantitative estimate of drug-likeness (QED) is 0.731. The second-order valence-corrected chi connectivity index (χ2v) is 5.91. The van der Waals surface area contributed by atoms with Crippen molar-refractivity contribution in [1.82, 2.24) is 19.5 Å². The monoisotopic (exact) mass is 290 g/mol. The molecule has 0 amide bonds. The third kappa shape index (κ3) is 2.01. The first kappa shape index (κ1) is 12.5.